The van der Waals surface area contributed by atoms with Gasteiger partial charge in [-0.2, -0.15) is 0 Å². The number of ether oxygens (including phenoxy) is 4. The molecule has 25 heavy (non-hydrogen) atoms. The molecule has 0 saturated heterocycles. The zero-order chi connectivity index (χ0) is 18.9. The third kappa shape index (κ3) is 8.77. The first kappa shape index (κ1) is 22.0. The van der Waals surface area contributed by atoms with Gasteiger partial charge in [0, 0.05) is 20.6 Å². The summed E-state index contributed by atoms with van der Waals surface area (Å²) in [6.07, 6.45) is 10.0. The maximum absolute atomic E-state index is 12.0. The second-order valence-corrected chi connectivity index (χ2v) is 7.20. The number of hydrogen-bond acceptors (Lipinski definition) is 5. The van der Waals surface area contributed by atoms with E-state index in [1.54, 1.807) is 14.2 Å². The van der Waals surface area contributed by atoms with Crippen LogP contribution in [0.2, 0.25) is 0 Å². The summed E-state index contributed by atoms with van der Waals surface area (Å²) in [4.78, 5) is 12.0. The van der Waals surface area contributed by atoms with Crippen LogP contribution in [0.15, 0.2) is 23.8 Å². The number of methoxy groups -OCH3 is 2. The predicted molar refractivity (Wildman–Crippen MR) is 98.3 cm³/mol. The van der Waals surface area contributed by atoms with Crippen LogP contribution in [0.3, 0.4) is 0 Å². The first-order valence-corrected chi connectivity index (χ1v) is 9.00. The number of carbonyl (C=O) groups excluding carboxylic acids is 1. The third-order valence-electron chi connectivity index (χ3n) is 4.27. The lowest BCUT2D eigenvalue weighted by Crippen LogP contribution is -2.31. The smallest absolute Gasteiger partial charge is 0.163 e. The molecule has 0 aromatic carbocycles. The molecule has 0 N–H and O–H groups in total. The molecule has 5 heteroatoms. The van der Waals surface area contributed by atoms with Gasteiger partial charge in [0.25, 0.3) is 0 Å². The standard InChI is InChI=1S/C20H34O5/c1-19(2,22-5)24-13-11-9-7-8-10-12-16-14-17(15-18(16)21)25-20(3,4)23-6/h8,10,14,17H,7,9,11-13,15H2,1-6H3/b10-8-. The van der Waals surface area contributed by atoms with Gasteiger partial charge in [0.15, 0.2) is 17.4 Å². The maximum atomic E-state index is 12.0. The van der Waals surface area contributed by atoms with Crippen molar-refractivity contribution < 1.29 is 23.7 Å². The van der Waals surface area contributed by atoms with Crippen LogP contribution in [0.1, 0.15) is 59.8 Å². The van der Waals surface area contributed by atoms with Crippen LogP contribution in [0.5, 0.6) is 0 Å². The number of rotatable bonds is 12. The van der Waals surface area contributed by atoms with Gasteiger partial charge in [-0.05, 0) is 65.0 Å². The average molecular weight is 354 g/mol. The molecule has 0 spiro atoms. The Morgan fingerprint density at radius 2 is 1.76 bits per heavy atom. The minimum Gasteiger partial charge on any atom is -0.354 e. The molecule has 0 radical (unpaired) electrons. The van der Waals surface area contributed by atoms with Crippen molar-refractivity contribution >= 4 is 5.78 Å². The predicted octanol–water partition coefficient (Wildman–Crippen LogP) is 4.17. The van der Waals surface area contributed by atoms with Crippen molar-refractivity contribution in [3.05, 3.63) is 23.8 Å². The number of allylic oxidation sites excluding steroid dienone is 3. The molecule has 0 aliphatic heterocycles. The fraction of sp³-hybridized carbons (Fsp3) is 0.750. The Bertz CT molecular complexity index is 476. The van der Waals surface area contributed by atoms with Crippen LogP contribution >= 0.6 is 0 Å². The molecule has 1 aliphatic rings. The van der Waals surface area contributed by atoms with E-state index in [-0.39, 0.29) is 11.9 Å². The van der Waals surface area contributed by atoms with Crippen molar-refractivity contribution in [3.63, 3.8) is 0 Å². The van der Waals surface area contributed by atoms with Gasteiger partial charge in [0.2, 0.25) is 0 Å². The second kappa shape index (κ2) is 10.2. The number of ketones is 1. The second-order valence-electron chi connectivity index (χ2n) is 7.20. The molecule has 0 bridgehead atoms. The molecule has 0 fully saturated rings. The lowest BCUT2D eigenvalue weighted by atomic mass is 10.1. The average Bonchev–Trinajstić information content (AvgIpc) is 2.88. The third-order valence-corrected chi connectivity index (χ3v) is 4.27. The highest BCUT2D eigenvalue weighted by molar-refractivity contribution is 5.98. The summed E-state index contributed by atoms with van der Waals surface area (Å²) in [6, 6.07) is 0. The summed E-state index contributed by atoms with van der Waals surface area (Å²) in [5, 5.41) is 0. The first-order valence-electron chi connectivity index (χ1n) is 9.00. The summed E-state index contributed by atoms with van der Waals surface area (Å²) >= 11 is 0. The zero-order valence-corrected chi connectivity index (χ0v) is 16.6. The summed E-state index contributed by atoms with van der Waals surface area (Å²) in [5.74, 6) is -1.02. The Kier molecular flexibility index (Phi) is 9.00. The SMILES string of the molecule is COC(C)(C)OCCCC/C=C\CC1=CC(OC(C)(C)OC)CC1=O. The van der Waals surface area contributed by atoms with Crippen LogP contribution < -0.4 is 0 Å². The zero-order valence-electron chi connectivity index (χ0n) is 16.6. The molecule has 1 unspecified atom stereocenters. The van der Waals surface area contributed by atoms with Gasteiger partial charge in [-0.25, -0.2) is 0 Å². The summed E-state index contributed by atoms with van der Waals surface area (Å²) < 4.78 is 21.9. The van der Waals surface area contributed by atoms with E-state index in [1.165, 1.54) is 0 Å². The van der Waals surface area contributed by atoms with Crippen LogP contribution in [0, 0.1) is 0 Å². The minimum atomic E-state index is -0.674. The van der Waals surface area contributed by atoms with Gasteiger partial charge < -0.3 is 18.9 Å². The Morgan fingerprint density at radius 1 is 1.08 bits per heavy atom. The summed E-state index contributed by atoms with van der Waals surface area (Å²) in [7, 11) is 3.25. The molecule has 0 heterocycles. The highest BCUT2D eigenvalue weighted by Gasteiger charge is 2.29. The van der Waals surface area contributed by atoms with E-state index in [4.69, 9.17) is 18.9 Å². The van der Waals surface area contributed by atoms with Crippen molar-refractivity contribution in [2.45, 2.75) is 77.5 Å². The quantitative estimate of drug-likeness (QED) is 0.299. The molecule has 1 rings (SSSR count). The van der Waals surface area contributed by atoms with Gasteiger partial charge in [0.1, 0.15) is 0 Å². The highest BCUT2D eigenvalue weighted by Crippen LogP contribution is 2.25. The molecule has 144 valence electrons. The van der Waals surface area contributed by atoms with Gasteiger partial charge in [-0.3, -0.25) is 4.79 Å². The summed E-state index contributed by atoms with van der Waals surface area (Å²) in [5.41, 5.74) is 0.832. The van der Waals surface area contributed by atoms with E-state index in [9.17, 15) is 4.79 Å². The molecule has 1 atom stereocenters. The molecule has 5 nitrogen and oxygen atoms in total. The van der Waals surface area contributed by atoms with Gasteiger partial charge in [-0.15, -0.1) is 0 Å². The lowest BCUT2D eigenvalue weighted by Gasteiger charge is -2.26. The maximum Gasteiger partial charge on any atom is 0.163 e. The fourth-order valence-corrected chi connectivity index (χ4v) is 2.43. The van der Waals surface area contributed by atoms with Crippen LogP contribution in [-0.2, 0) is 23.7 Å². The number of Topliss-reactive ketones (excluding diaryl/α,β-unsaturated/α-hetero) is 1. The number of hydrogen-bond donors (Lipinski definition) is 0. The van der Waals surface area contributed by atoms with Crippen LogP contribution in [0.4, 0.5) is 0 Å². The van der Waals surface area contributed by atoms with Gasteiger partial charge in [-0.1, -0.05) is 12.2 Å². The molecule has 0 amide bonds. The van der Waals surface area contributed by atoms with Gasteiger partial charge >= 0.3 is 0 Å². The van der Waals surface area contributed by atoms with Gasteiger partial charge in [0.05, 0.1) is 12.7 Å². The van der Waals surface area contributed by atoms with Crippen molar-refractivity contribution in [2.75, 3.05) is 20.8 Å². The monoisotopic (exact) mass is 354 g/mol. The Morgan fingerprint density at radius 3 is 2.40 bits per heavy atom. The van der Waals surface area contributed by atoms with Crippen molar-refractivity contribution in [2.24, 2.45) is 0 Å². The van der Waals surface area contributed by atoms with E-state index in [1.807, 2.05) is 33.8 Å². The topological polar surface area (TPSA) is 54.0 Å². The Labute approximate surface area is 152 Å². The van der Waals surface area contributed by atoms with E-state index in [0.29, 0.717) is 19.4 Å². The molecule has 0 aromatic rings. The van der Waals surface area contributed by atoms with E-state index < -0.39 is 11.6 Å². The summed E-state index contributed by atoms with van der Waals surface area (Å²) in [6.45, 7) is 8.20. The van der Waals surface area contributed by atoms with E-state index in [2.05, 4.69) is 12.2 Å². The van der Waals surface area contributed by atoms with Crippen molar-refractivity contribution in [1.29, 1.82) is 0 Å². The molecule has 1 aliphatic carbocycles. The van der Waals surface area contributed by atoms with Crippen molar-refractivity contribution in [3.8, 4) is 0 Å². The van der Waals surface area contributed by atoms with Crippen molar-refractivity contribution in [1.82, 2.24) is 0 Å². The normalized spacial score (nSPS) is 19.0. The fourth-order valence-electron chi connectivity index (χ4n) is 2.43. The number of unbranched alkanes of at least 4 members (excludes halogenated alkanes) is 2. The van der Waals surface area contributed by atoms with Crippen LogP contribution in [-0.4, -0.2) is 44.3 Å². The van der Waals surface area contributed by atoms with E-state index in [0.717, 1.165) is 24.8 Å². The lowest BCUT2D eigenvalue weighted by molar-refractivity contribution is -0.212. The molecular weight excluding hydrogens is 320 g/mol. The molecule has 0 aromatic heterocycles. The Balaban J connectivity index is 2.24. The first-order chi connectivity index (χ1) is 11.7. The number of carbonyl (C=O) groups is 1. The van der Waals surface area contributed by atoms with Crippen LogP contribution in [0.25, 0.3) is 0 Å². The molecule has 0 saturated carbocycles. The Hall–Kier alpha value is -1.01. The molecular formula is C20H34O5. The van der Waals surface area contributed by atoms with E-state index >= 15 is 0 Å². The highest BCUT2D eigenvalue weighted by atomic mass is 16.7. The largest absolute Gasteiger partial charge is 0.354 e. The minimum absolute atomic E-state index is 0.164.